The molecule has 0 saturated carbocycles. The smallest absolute Gasteiger partial charge is 0.166 e. The second-order valence-corrected chi connectivity index (χ2v) is 4.73. The van der Waals surface area contributed by atoms with E-state index in [0.29, 0.717) is 5.56 Å². The van der Waals surface area contributed by atoms with Crippen LogP contribution in [0.4, 0.5) is 4.39 Å². The summed E-state index contributed by atoms with van der Waals surface area (Å²) in [7, 11) is 0. The molecule has 0 aromatic heterocycles. The quantitative estimate of drug-likeness (QED) is 0.663. The van der Waals surface area contributed by atoms with Gasteiger partial charge in [-0.1, -0.05) is 38.3 Å². The van der Waals surface area contributed by atoms with Crippen LogP contribution in [0.5, 0.6) is 0 Å². The second kappa shape index (κ2) is 6.75. The Morgan fingerprint density at radius 1 is 1.24 bits per heavy atom. The lowest BCUT2D eigenvalue weighted by molar-refractivity contribution is 0.0904. The van der Waals surface area contributed by atoms with Crippen molar-refractivity contribution in [2.24, 2.45) is 5.92 Å². The molecular weight excluding hydrogens is 239 g/mol. The fourth-order valence-corrected chi connectivity index (χ4v) is 2.26. The van der Waals surface area contributed by atoms with Gasteiger partial charge < -0.3 is 0 Å². The zero-order valence-corrected chi connectivity index (χ0v) is 11.1. The molecule has 0 bridgehead atoms. The number of halogens is 2. The van der Waals surface area contributed by atoms with Crippen LogP contribution in [0.2, 0.25) is 5.02 Å². The minimum atomic E-state index is -0.451. The molecule has 0 N–H and O–H groups in total. The van der Waals surface area contributed by atoms with Crippen LogP contribution in [0.1, 0.15) is 49.9 Å². The van der Waals surface area contributed by atoms with E-state index in [0.717, 1.165) is 25.7 Å². The van der Waals surface area contributed by atoms with Crippen molar-refractivity contribution in [2.45, 2.75) is 39.5 Å². The van der Waals surface area contributed by atoms with Crippen LogP contribution in [0.3, 0.4) is 0 Å². The van der Waals surface area contributed by atoms with Gasteiger partial charge in [-0.25, -0.2) is 4.39 Å². The molecule has 17 heavy (non-hydrogen) atoms. The summed E-state index contributed by atoms with van der Waals surface area (Å²) in [4.78, 5) is 12.2. The molecule has 0 heterocycles. The van der Waals surface area contributed by atoms with E-state index < -0.39 is 5.82 Å². The first-order chi connectivity index (χ1) is 8.08. The molecule has 0 aliphatic rings. The molecule has 0 atom stereocenters. The summed E-state index contributed by atoms with van der Waals surface area (Å²) in [5.41, 5.74) is 0.391. The lowest BCUT2D eigenvalue weighted by Crippen LogP contribution is -2.14. The van der Waals surface area contributed by atoms with E-state index in [1.807, 2.05) is 0 Å². The van der Waals surface area contributed by atoms with Gasteiger partial charge in [0.1, 0.15) is 5.82 Å². The average Bonchev–Trinajstić information content (AvgIpc) is 2.26. The minimum Gasteiger partial charge on any atom is -0.294 e. The average molecular weight is 257 g/mol. The van der Waals surface area contributed by atoms with Gasteiger partial charge in [0.2, 0.25) is 0 Å². The highest BCUT2D eigenvalue weighted by molar-refractivity contribution is 6.31. The van der Waals surface area contributed by atoms with Crippen LogP contribution in [0.25, 0.3) is 0 Å². The van der Waals surface area contributed by atoms with E-state index in [-0.39, 0.29) is 16.7 Å². The highest BCUT2D eigenvalue weighted by atomic mass is 35.5. The predicted octanol–water partition coefficient (Wildman–Crippen LogP) is 4.88. The molecule has 3 heteroatoms. The van der Waals surface area contributed by atoms with Gasteiger partial charge in [0, 0.05) is 16.5 Å². The third kappa shape index (κ3) is 4.12. The maximum absolute atomic E-state index is 13.2. The number of ketones is 1. The Balaban J connectivity index is 2.92. The van der Waals surface area contributed by atoms with Gasteiger partial charge in [-0.2, -0.15) is 0 Å². The number of hydrogen-bond acceptors (Lipinski definition) is 1. The zero-order valence-electron chi connectivity index (χ0n) is 10.3. The van der Waals surface area contributed by atoms with Crippen molar-refractivity contribution in [2.75, 3.05) is 0 Å². The molecule has 94 valence electrons. The zero-order chi connectivity index (χ0) is 12.8. The van der Waals surface area contributed by atoms with E-state index in [4.69, 9.17) is 11.6 Å². The van der Waals surface area contributed by atoms with Crippen LogP contribution in [-0.2, 0) is 0 Å². The Bertz CT molecular complexity index is 364. The summed E-state index contributed by atoms with van der Waals surface area (Å²) in [6.45, 7) is 4.10. The van der Waals surface area contributed by atoms with Gasteiger partial charge in [0.15, 0.2) is 5.78 Å². The maximum Gasteiger partial charge on any atom is 0.166 e. The highest BCUT2D eigenvalue weighted by Gasteiger charge is 2.19. The minimum absolute atomic E-state index is 0.00935. The summed E-state index contributed by atoms with van der Waals surface area (Å²) >= 11 is 5.76. The van der Waals surface area contributed by atoms with Crippen molar-refractivity contribution in [3.8, 4) is 0 Å². The van der Waals surface area contributed by atoms with E-state index in [2.05, 4.69) is 13.8 Å². The van der Waals surface area contributed by atoms with Gasteiger partial charge in [-0.05, 0) is 31.0 Å². The molecule has 0 radical (unpaired) electrons. The van der Waals surface area contributed by atoms with Gasteiger partial charge in [0.25, 0.3) is 0 Å². The highest BCUT2D eigenvalue weighted by Crippen LogP contribution is 2.22. The number of rotatable bonds is 6. The first kappa shape index (κ1) is 14.2. The molecule has 0 saturated heterocycles. The molecule has 0 amide bonds. The third-order valence-corrected chi connectivity index (χ3v) is 3.01. The third-order valence-electron chi connectivity index (χ3n) is 2.79. The monoisotopic (exact) mass is 256 g/mol. The summed E-state index contributed by atoms with van der Waals surface area (Å²) in [5, 5.41) is 0.278. The largest absolute Gasteiger partial charge is 0.294 e. The Hall–Kier alpha value is -0.890. The van der Waals surface area contributed by atoms with E-state index in [1.165, 1.54) is 12.1 Å². The molecule has 1 aromatic rings. The van der Waals surface area contributed by atoms with Crippen molar-refractivity contribution in [3.05, 3.63) is 34.6 Å². The number of carbonyl (C=O) groups is 1. The molecule has 1 nitrogen and oxygen atoms in total. The van der Waals surface area contributed by atoms with Crippen molar-refractivity contribution >= 4 is 17.4 Å². The Kier molecular flexibility index (Phi) is 5.63. The molecular formula is C14H18ClFO. The van der Waals surface area contributed by atoms with Crippen LogP contribution in [0, 0.1) is 11.7 Å². The molecule has 0 fully saturated rings. The van der Waals surface area contributed by atoms with Crippen molar-refractivity contribution < 1.29 is 9.18 Å². The topological polar surface area (TPSA) is 17.1 Å². The Labute approximate surface area is 107 Å². The normalized spacial score (nSPS) is 10.9. The summed E-state index contributed by atoms with van der Waals surface area (Å²) in [6, 6.07) is 4.03. The summed E-state index contributed by atoms with van der Waals surface area (Å²) < 4.78 is 13.2. The van der Waals surface area contributed by atoms with Crippen LogP contribution >= 0.6 is 11.6 Å². The number of hydrogen-bond donors (Lipinski definition) is 0. The fourth-order valence-electron chi connectivity index (χ4n) is 2.04. The number of carbonyl (C=O) groups excluding carboxylic acids is 1. The molecule has 0 spiro atoms. The van der Waals surface area contributed by atoms with Gasteiger partial charge >= 0.3 is 0 Å². The molecule has 0 unspecified atom stereocenters. The van der Waals surface area contributed by atoms with Crippen molar-refractivity contribution in [3.63, 3.8) is 0 Å². The molecule has 0 aliphatic carbocycles. The standard InChI is InChI=1S/C14H18ClFO/c1-3-5-10(6-4-2)14(17)11-7-12(15)9-13(16)8-11/h7-10H,3-6H2,1-2H3. The molecule has 0 aliphatic heterocycles. The van der Waals surface area contributed by atoms with E-state index in [1.54, 1.807) is 6.07 Å². The lowest BCUT2D eigenvalue weighted by Gasteiger charge is -2.14. The predicted molar refractivity (Wildman–Crippen MR) is 69.0 cm³/mol. The van der Waals surface area contributed by atoms with Crippen LogP contribution in [0.15, 0.2) is 18.2 Å². The summed E-state index contributed by atoms with van der Waals surface area (Å²) in [5.74, 6) is -0.453. The fraction of sp³-hybridized carbons (Fsp3) is 0.500. The molecule has 1 rings (SSSR count). The van der Waals surface area contributed by atoms with Gasteiger partial charge in [-0.3, -0.25) is 4.79 Å². The van der Waals surface area contributed by atoms with Gasteiger partial charge in [0.05, 0.1) is 0 Å². The second-order valence-electron chi connectivity index (χ2n) is 4.30. The SMILES string of the molecule is CCCC(CCC)C(=O)c1cc(F)cc(Cl)c1. The maximum atomic E-state index is 13.2. The lowest BCUT2D eigenvalue weighted by atomic mass is 9.90. The van der Waals surface area contributed by atoms with Crippen LogP contribution in [-0.4, -0.2) is 5.78 Å². The van der Waals surface area contributed by atoms with Crippen LogP contribution < -0.4 is 0 Å². The van der Waals surface area contributed by atoms with Crippen molar-refractivity contribution in [1.82, 2.24) is 0 Å². The first-order valence-corrected chi connectivity index (χ1v) is 6.46. The molecule has 1 aromatic carbocycles. The number of benzene rings is 1. The summed E-state index contributed by atoms with van der Waals surface area (Å²) in [6.07, 6.45) is 3.61. The van der Waals surface area contributed by atoms with E-state index in [9.17, 15) is 9.18 Å². The number of Topliss-reactive ketones (excluding diaryl/α,β-unsaturated/α-hetero) is 1. The van der Waals surface area contributed by atoms with E-state index >= 15 is 0 Å². The Morgan fingerprint density at radius 2 is 1.82 bits per heavy atom. The first-order valence-electron chi connectivity index (χ1n) is 6.08. The van der Waals surface area contributed by atoms with Gasteiger partial charge in [-0.15, -0.1) is 0 Å². The van der Waals surface area contributed by atoms with Crippen molar-refractivity contribution in [1.29, 1.82) is 0 Å². The Morgan fingerprint density at radius 3 is 2.29 bits per heavy atom.